The molecule has 2 aromatic rings. The predicted octanol–water partition coefficient (Wildman–Crippen LogP) is 3.77. The summed E-state index contributed by atoms with van der Waals surface area (Å²) in [6.45, 7) is 2.82. The molecular weight excluding hydrogens is 260 g/mol. The number of nitrogen functional groups attached to an aromatic ring is 1. The maximum absolute atomic E-state index is 12.5. The van der Waals surface area contributed by atoms with E-state index < -0.39 is 0 Å². The van der Waals surface area contributed by atoms with Gasteiger partial charge >= 0.3 is 0 Å². The maximum atomic E-state index is 12.5. The first-order valence-electron chi connectivity index (χ1n) is 7.48. The summed E-state index contributed by atoms with van der Waals surface area (Å²) < 4.78 is 0. The van der Waals surface area contributed by atoms with Crippen molar-refractivity contribution in [2.24, 2.45) is 0 Å². The number of carbonyl (C=O) groups excluding carboxylic acids is 1. The minimum absolute atomic E-state index is 0.0404. The molecule has 1 amide bonds. The Morgan fingerprint density at radius 2 is 1.90 bits per heavy atom. The maximum Gasteiger partial charge on any atom is 0.259 e. The summed E-state index contributed by atoms with van der Waals surface area (Å²) >= 11 is 0. The van der Waals surface area contributed by atoms with Gasteiger partial charge in [-0.1, -0.05) is 31.5 Å². The number of aryl methyl sites for hydroxylation is 1. The van der Waals surface area contributed by atoms with Crippen LogP contribution >= 0.6 is 0 Å². The SMILES string of the molecule is CCCCc1ccc(N2Cc3ccc(N)cc3C2=O)cc1. The van der Waals surface area contributed by atoms with Crippen LogP contribution in [0.5, 0.6) is 0 Å². The first-order chi connectivity index (χ1) is 10.2. The number of rotatable bonds is 4. The van der Waals surface area contributed by atoms with Crippen LogP contribution in [-0.2, 0) is 13.0 Å². The van der Waals surface area contributed by atoms with Crippen LogP contribution < -0.4 is 10.6 Å². The number of nitrogens with two attached hydrogens (primary N) is 1. The van der Waals surface area contributed by atoms with Crippen LogP contribution in [0.2, 0.25) is 0 Å². The number of fused-ring (bicyclic) bond motifs is 1. The Bertz CT molecular complexity index is 661. The number of unbranched alkanes of at least 4 members (excludes halogenated alkanes) is 1. The fraction of sp³-hybridized carbons (Fsp3) is 0.278. The monoisotopic (exact) mass is 280 g/mol. The van der Waals surface area contributed by atoms with Gasteiger partial charge in [-0.25, -0.2) is 0 Å². The fourth-order valence-electron chi connectivity index (χ4n) is 2.75. The molecule has 1 aliphatic heterocycles. The summed E-state index contributed by atoms with van der Waals surface area (Å²) in [5, 5.41) is 0. The van der Waals surface area contributed by atoms with Gasteiger partial charge in [0.25, 0.3) is 5.91 Å². The van der Waals surface area contributed by atoms with Crippen molar-refractivity contribution in [3.05, 3.63) is 59.2 Å². The highest BCUT2D eigenvalue weighted by Gasteiger charge is 2.28. The molecule has 0 saturated heterocycles. The van der Waals surface area contributed by atoms with Gasteiger partial charge in [0, 0.05) is 16.9 Å². The Morgan fingerprint density at radius 3 is 2.62 bits per heavy atom. The summed E-state index contributed by atoms with van der Waals surface area (Å²) in [5.74, 6) is 0.0404. The number of amides is 1. The van der Waals surface area contributed by atoms with Crippen LogP contribution in [-0.4, -0.2) is 5.91 Å². The summed E-state index contributed by atoms with van der Waals surface area (Å²) in [6.07, 6.45) is 3.50. The van der Waals surface area contributed by atoms with Gasteiger partial charge in [0.15, 0.2) is 0 Å². The Kier molecular flexibility index (Phi) is 3.65. The fourth-order valence-corrected chi connectivity index (χ4v) is 2.75. The van der Waals surface area contributed by atoms with Crippen molar-refractivity contribution in [3.8, 4) is 0 Å². The normalized spacial score (nSPS) is 13.6. The van der Waals surface area contributed by atoms with Crippen LogP contribution in [0.4, 0.5) is 11.4 Å². The molecule has 0 saturated carbocycles. The Hall–Kier alpha value is -2.29. The molecule has 1 aliphatic rings. The molecule has 0 spiro atoms. The van der Waals surface area contributed by atoms with Gasteiger partial charge in [0.05, 0.1) is 6.54 Å². The van der Waals surface area contributed by atoms with Gasteiger partial charge in [0.2, 0.25) is 0 Å². The zero-order valence-electron chi connectivity index (χ0n) is 12.3. The van der Waals surface area contributed by atoms with E-state index in [1.165, 1.54) is 18.4 Å². The van der Waals surface area contributed by atoms with E-state index in [9.17, 15) is 4.79 Å². The van der Waals surface area contributed by atoms with E-state index in [2.05, 4.69) is 19.1 Å². The zero-order chi connectivity index (χ0) is 14.8. The predicted molar refractivity (Wildman–Crippen MR) is 86.4 cm³/mol. The third-order valence-corrected chi connectivity index (χ3v) is 4.00. The lowest BCUT2D eigenvalue weighted by Crippen LogP contribution is -2.22. The van der Waals surface area contributed by atoms with E-state index in [1.54, 1.807) is 6.07 Å². The molecule has 108 valence electrons. The minimum atomic E-state index is 0.0404. The van der Waals surface area contributed by atoms with E-state index in [-0.39, 0.29) is 5.91 Å². The Morgan fingerprint density at radius 1 is 1.14 bits per heavy atom. The first-order valence-corrected chi connectivity index (χ1v) is 7.48. The minimum Gasteiger partial charge on any atom is -0.399 e. The van der Waals surface area contributed by atoms with Gasteiger partial charge < -0.3 is 10.6 Å². The standard InChI is InChI=1S/C18H20N2O/c1-2-3-4-13-5-9-16(10-6-13)20-12-14-7-8-15(19)11-17(14)18(20)21/h5-11H,2-4,12,19H2,1H3. The summed E-state index contributed by atoms with van der Waals surface area (Å²) in [5.41, 5.74) is 10.5. The molecule has 21 heavy (non-hydrogen) atoms. The van der Waals surface area contributed by atoms with Gasteiger partial charge in [-0.3, -0.25) is 4.79 Å². The molecule has 2 N–H and O–H groups in total. The second-order valence-electron chi connectivity index (χ2n) is 5.58. The number of nitrogens with zero attached hydrogens (tertiary/aromatic N) is 1. The second kappa shape index (κ2) is 5.60. The van der Waals surface area contributed by atoms with Crippen molar-refractivity contribution < 1.29 is 4.79 Å². The topological polar surface area (TPSA) is 46.3 Å². The lowest BCUT2D eigenvalue weighted by Gasteiger charge is -2.16. The molecular formula is C18H20N2O. The lowest BCUT2D eigenvalue weighted by atomic mass is 10.1. The van der Waals surface area contributed by atoms with E-state index in [0.29, 0.717) is 12.2 Å². The average molecular weight is 280 g/mol. The molecule has 0 bridgehead atoms. The summed E-state index contributed by atoms with van der Waals surface area (Å²) in [6, 6.07) is 13.9. The van der Waals surface area contributed by atoms with Crippen molar-refractivity contribution in [1.29, 1.82) is 0 Å². The highest BCUT2D eigenvalue weighted by atomic mass is 16.2. The number of benzene rings is 2. The second-order valence-corrected chi connectivity index (χ2v) is 5.58. The van der Waals surface area contributed by atoms with Crippen molar-refractivity contribution in [3.63, 3.8) is 0 Å². The Labute approximate surface area is 125 Å². The third-order valence-electron chi connectivity index (χ3n) is 4.00. The van der Waals surface area contributed by atoms with E-state index in [4.69, 9.17) is 5.73 Å². The molecule has 3 nitrogen and oxygen atoms in total. The van der Waals surface area contributed by atoms with Gasteiger partial charge in [-0.2, -0.15) is 0 Å². The van der Waals surface area contributed by atoms with Crippen LogP contribution in [0.15, 0.2) is 42.5 Å². The molecule has 3 heteroatoms. The van der Waals surface area contributed by atoms with Gasteiger partial charge in [-0.05, 0) is 48.2 Å². The number of carbonyl (C=O) groups is 1. The molecule has 0 atom stereocenters. The van der Waals surface area contributed by atoms with Crippen LogP contribution in [0, 0.1) is 0 Å². The van der Waals surface area contributed by atoms with E-state index in [0.717, 1.165) is 23.2 Å². The van der Waals surface area contributed by atoms with Crippen molar-refractivity contribution in [1.82, 2.24) is 0 Å². The molecule has 0 fully saturated rings. The first kappa shape index (κ1) is 13.7. The van der Waals surface area contributed by atoms with Gasteiger partial charge in [-0.15, -0.1) is 0 Å². The van der Waals surface area contributed by atoms with Crippen molar-refractivity contribution >= 4 is 17.3 Å². The zero-order valence-corrected chi connectivity index (χ0v) is 12.3. The molecule has 2 aromatic carbocycles. The largest absolute Gasteiger partial charge is 0.399 e. The van der Waals surface area contributed by atoms with Crippen LogP contribution in [0.1, 0.15) is 41.3 Å². The van der Waals surface area contributed by atoms with Crippen LogP contribution in [0.3, 0.4) is 0 Å². The highest BCUT2D eigenvalue weighted by molar-refractivity contribution is 6.10. The van der Waals surface area contributed by atoms with Crippen molar-refractivity contribution in [2.75, 3.05) is 10.6 Å². The molecule has 1 heterocycles. The molecule has 0 aliphatic carbocycles. The van der Waals surface area contributed by atoms with E-state index >= 15 is 0 Å². The van der Waals surface area contributed by atoms with E-state index in [1.807, 2.05) is 29.2 Å². The molecule has 3 rings (SSSR count). The van der Waals surface area contributed by atoms with Gasteiger partial charge in [0.1, 0.15) is 0 Å². The Balaban J connectivity index is 1.81. The lowest BCUT2D eigenvalue weighted by molar-refractivity contribution is 0.0996. The molecule has 0 unspecified atom stereocenters. The molecule has 0 radical (unpaired) electrons. The highest BCUT2D eigenvalue weighted by Crippen LogP contribution is 2.29. The summed E-state index contributed by atoms with van der Waals surface area (Å²) in [4.78, 5) is 14.3. The molecule has 0 aromatic heterocycles. The quantitative estimate of drug-likeness (QED) is 0.866. The summed E-state index contributed by atoms with van der Waals surface area (Å²) in [7, 11) is 0. The van der Waals surface area contributed by atoms with Crippen LogP contribution in [0.25, 0.3) is 0 Å². The van der Waals surface area contributed by atoms with Crippen molar-refractivity contribution in [2.45, 2.75) is 32.7 Å². The number of hydrogen-bond acceptors (Lipinski definition) is 2. The average Bonchev–Trinajstić information content (AvgIpc) is 2.83. The number of anilines is 2. The third kappa shape index (κ3) is 2.64. The number of hydrogen-bond donors (Lipinski definition) is 1. The smallest absolute Gasteiger partial charge is 0.259 e.